The smallest absolute Gasteiger partial charge is 0.240 e. The van der Waals surface area contributed by atoms with Crippen LogP contribution in [0.3, 0.4) is 0 Å². The van der Waals surface area contributed by atoms with Crippen LogP contribution in [0.25, 0.3) is 12.2 Å². The quantitative estimate of drug-likeness (QED) is 0.485. The van der Waals surface area contributed by atoms with Crippen molar-refractivity contribution in [3.63, 3.8) is 0 Å². The van der Waals surface area contributed by atoms with Crippen molar-refractivity contribution in [1.82, 2.24) is 10.4 Å². The van der Waals surface area contributed by atoms with Gasteiger partial charge >= 0.3 is 0 Å². The third-order valence-electron chi connectivity index (χ3n) is 9.31. The highest BCUT2D eigenvalue weighted by Gasteiger charge is 2.57. The molecule has 2 bridgehead atoms. The predicted octanol–water partition coefficient (Wildman–Crippen LogP) is 4.48. The molecule has 6 rings (SSSR count). The first kappa shape index (κ1) is 26.1. The van der Waals surface area contributed by atoms with E-state index < -0.39 is 24.4 Å². The molecule has 3 aliphatic carbocycles. The van der Waals surface area contributed by atoms with Crippen LogP contribution in [-0.4, -0.2) is 45.7 Å². The third-order valence-corrected chi connectivity index (χ3v) is 9.31. The maximum atomic E-state index is 13.7. The van der Waals surface area contributed by atoms with Crippen molar-refractivity contribution >= 4 is 18.1 Å². The molecule has 3 saturated carbocycles. The van der Waals surface area contributed by atoms with Gasteiger partial charge in [-0.2, -0.15) is 5.06 Å². The van der Waals surface area contributed by atoms with Crippen LogP contribution in [0, 0.1) is 29.1 Å². The van der Waals surface area contributed by atoms with Crippen LogP contribution in [0.2, 0.25) is 0 Å². The number of rotatable bonds is 7. The number of hydrogen-bond acceptors (Lipinski definition) is 5. The number of amides is 1. The molecule has 37 heavy (non-hydrogen) atoms. The molecule has 1 heterocycles. The average Bonchev–Trinajstić information content (AvgIpc) is 3.20. The van der Waals surface area contributed by atoms with E-state index >= 15 is 0 Å². The van der Waals surface area contributed by atoms with Gasteiger partial charge in [-0.15, -0.1) is 0 Å². The maximum absolute atomic E-state index is 13.7. The lowest BCUT2D eigenvalue weighted by Crippen LogP contribution is -2.62. The van der Waals surface area contributed by atoms with Gasteiger partial charge in [0.25, 0.3) is 0 Å². The first-order valence-electron chi connectivity index (χ1n) is 13.6. The Morgan fingerprint density at radius 1 is 1.14 bits per heavy atom. The van der Waals surface area contributed by atoms with E-state index in [-0.39, 0.29) is 11.9 Å². The monoisotopic (exact) mass is 504 g/mol. The van der Waals surface area contributed by atoms with E-state index in [0.717, 1.165) is 23.1 Å². The average molecular weight is 505 g/mol. The molecule has 2 aromatic rings. The van der Waals surface area contributed by atoms with Crippen LogP contribution in [0.1, 0.15) is 57.2 Å². The Morgan fingerprint density at radius 2 is 1.84 bits per heavy atom. The molecule has 4 aliphatic rings. The molecule has 3 unspecified atom stereocenters. The molecule has 0 spiro atoms. The first-order valence-corrected chi connectivity index (χ1v) is 13.6. The number of nitrogens with zero attached hydrogens (tertiary/aromatic N) is 1. The molecule has 3 N–H and O–H groups in total. The standard InChI is InChI=1S/C31H40N2O4/c1-19-25-16-24(31(25,3)4)17-26(19)32-29(35)28-27(20(2)34)30(36)37-33(28)18-23-12-8-11-22(15-23)14-13-21-9-6-5-7-10-21/h5-15,19-20,24-28,30,34,36H,16-18H2,1-4H3,(H,32,35)/b14-13+/t19?,20-,24?,25-,26-,27-,28-,30?/m0/s1. The molecule has 4 fully saturated rings. The fourth-order valence-corrected chi connectivity index (χ4v) is 6.91. The minimum Gasteiger partial charge on any atom is -0.393 e. The van der Waals surface area contributed by atoms with Crippen molar-refractivity contribution in [3.05, 3.63) is 71.3 Å². The molecule has 1 amide bonds. The summed E-state index contributed by atoms with van der Waals surface area (Å²) in [7, 11) is 0. The molecule has 0 aromatic heterocycles. The molecule has 8 atom stereocenters. The van der Waals surface area contributed by atoms with Crippen molar-refractivity contribution in [3.8, 4) is 0 Å². The first-order chi connectivity index (χ1) is 17.6. The number of nitrogens with one attached hydrogen (secondary N) is 1. The molecule has 1 saturated heterocycles. The van der Waals surface area contributed by atoms with Crippen LogP contribution in [-0.2, 0) is 16.2 Å². The van der Waals surface area contributed by atoms with Crippen LogP contribution in [0.5, 0.6) is 0 Å². The molecule has 0 radical (unpaired) electrons. The Hall–Kier alpha value is -2.51. The molecule has 6 heteroatoms. The number of hydroxylamine groups is 2. The maximum Gasteiger partial charge on any atom is 0.240 e. The van der Waals surface area contributed by atoms with Crippen molar-refractivity contribution in [2.45, 2.75) is 71.6 Å². The van der Waals surface area contributed by atoms with E-state index in [0.29, 0.717) is 29.7 Å². The zero-order chi connectivity index (χ0) is 26.3. The normalized spacial score (nSPS) is 33.7. The van der Waals surface area contributed by atoms with E-state index in [4.69, 9.17) is 4.84 Å². The minimum absolute atomic E-state index is 0.102. The van der Waals surface area contributed by atoms with E-state index in [1.54, 1.807) is 12.0 Å². The van der Waals surface area contributed by atoms with Crippen LogP contribution in [0.15, 0.2) is 54.6 Å². The number of carbonyl (C=O) groups is 1. The van der Waals surface area contributed by atoms with Crippen molar-refractivity contribution in [1.29, 1.82) is 0 Å². The van der Waals surface area contributed by atoms with Gasteiger partial charge < -0.3 is 15.5 Å². The van der Waals surface area contributed by atoms with Crippen molar-refractivity contribution < 1.29 is 19.8 Å². The fourth-order valence-electron chi connectivity index (χ4n) is 6.91. The Bertz CT molecular complexity index is 1130. The molecular weight excluding hydrogens is 464 g/mol. The van der Waals surface area contributed by atoms with Crippen LogP contribution >= 0.6 is 0 Å². The molecule has 2 aromatic carbocycles. The largest absolute Gasteiger partial charge is 0.393 e. The minimum atomic E-state index is -1.24. The Kier molecular flexibility index (Phi) is 7.29. The van der Waals surface area contributed by atoms with Gasteiger partial charge in [0.15, 0.2) is 6.29 Å². The zero-order valence-corrected chi connectivity index (χ0v) is 22.2. The van der Waals surface area contributed by atoms with Gasteiger partial charge in [0.1, 0.15) is 6.04 Å². The lowest BCUT2D eigenvalue weighted by molar-refractivity contribution is -0.231. The van der Waals surface area contributed by atoms with Crippen molar-refractivity contribution in [2.75, 3.05) is 0 Å². The molecule has 198 valence electrons. The molecule has 6 nitrogen and oxygen atoms in total. The summed E-state index contributed by atoms with van der Waals surface area (Å²) in [5.41, 5.74) is 3.45. The van der Waals surface area contributed by atoms with Gasteiger partial charge in [0.05, 0.1) is 18.6 Å². The van der Waals surface area contributed by atoms with E-state index in [1.165, 1.54) is 6.42 Å². The third kappa shape index (κ3) is 5.13. The second-order valence-electron chi connectivity index (χ2n) is 11.9. The lowest BCUT2D eigenvalue weighted by Gasteiger charge is -2.62. The summed E-state index contributed by atoms with van der Waals surface area (Å²) in [6.07, 6.45) is 4.19. The number of aliphatic hydroxyl groups excluding tert-OH is 2. The van der Waals surface area contributed by atoms with E-state index in [1.807, 2.05) is 36.4 Å². The highest BCUT2D eigenvalue weighted by molar-refractivity contribution is 5.82. The summed E-state index contributed by atoms with van der Waals surface area (Å²) in [4.78, 5) is 19.4. The zero-order valence-electron chi connectivity index (χ0n) is 22.2. The van der Waals surface area contributed by atoms with E-state index in [2.05, 4.69) is 56.4 Å². The van der Waals surface area contributed by atoms with Crippen LogP contribution in [0.4, 0.5) is 0 Å². The summed E-state index contributed by atoms with van der Waals surface area (Å²) in [5, 5.41) is 26.0. The summed E-state index contributed by atoms with van der Waals surface area (Å²) in [6.45, 7) is 8.86. The summed E-state index contributed by atoms with van der Waals surface area (Å²) >= 11 is 0. The lowest BCUT2D eigenvalue weighted by atomic mass is 9.45. The van der Waals surface area contributed by atoms with E-state index in [9.17, 15) is 15.0 Å². The van der Waals surface area contributed by atoms with Crippen LogP contribution < -0.4 is 5.32 Å². The summed E-state index contributed by atoms with van der Waals surface area (Å²) in [6, 6.07) is 17.5. The Balaban J connectivity index is 1.31. The topological polar surface area (TPSA) is 82.0 Å². The number of hydrogen-bond donors (Lipinski definition) is 3. The molecular formula is C31H40N2O4. The fraction of sp³-hybridized carbons (Fsp3) is 0.516. The number of aliphatic hydroxyl groups is 2. The van der Waals surface area contributed by atoms with Gasteiger partial charge in [-0.3, -0.25) is 9.63 Å². The Labute approximate surface area is 220 Å². The second kappa shape index (κ2) is 10.3. The SMILES string of the molecule is CC1[C@@H](NC(=O)[C@@H]2[C@H]([C@H](C)O)C(O)ON2Cc2cccc(/C=C/c3ccccc3)c2)CC2C[C@@H]1C2(C)C. The number of carbonyl (C=O) groups excluding carboxylic acids is 1. The van der Waals surface area contributed by atoms with Crippen molar-refractivity contribution in [2.24, 2.45) is 29.1 Å². The van der Waals surface area contributed by atoms with Gasteiger partial charge in [-0.05, 0) is 59.6 Å². The Morgan fingerprint density at radius 3 is 2.51 bits per heavy atom. The molecule has 1 aliphatic heterocycles. The summed E-state index contributed by atoms with van der Waals surface area (Å²) in [5.74, 6) is 0.712. The van der Waals surface area contributed by atoms with Gasteiger partial charge in [0, 0.05) is 6.04 Å². The second-order valence-corrected chi connectivity index (χ2v) is 11.9. The van der Waals surface area contributed by atoms with Gasteiger partial charge in [-0.25, -0.2) is 0 Å². The predicted molar refractivity (Wildman–Crippen MR) is 144 cm³/mol. The summed E-state index contributed by atoms with van der Waals surface area (Å²) < 4.78 is 0. The highest BCUT2D eigenvalue weighted by Crippen LogP contribution is 2.61. The van der Waals surface area contributed by atoms with Gasteiger partial charge in [0.2, 0.25) is 5.91 Å². The highest BCUT2D eigenvalue weighted by atomic mass is 16.8. The van der Waals surface area contributed by atoms with Gasteiger partial charge in [-0.1, -0.05) is 87.5 Å². The number of fused-ring (bicyclic) bond motifs is 2. The number of benzene rings is 2.